The molecule has 1 N–H and O–H groups in total. The van der Waals surface area contributed by atoms with E-state index in [4.69, 9.17) is 0 Å². The summed E-state index contributed by atoms with van der Waals surface area (Å²) in [4.78, 5) is 1.30. The van der Waals surface area contributed by atoms with E-state index in [2.05, 4.69) is 31.9 Å². The van der Waals surface area contributed by atoms with E-state index >= 15 is 0 Å². The summed E-state index contributed by atoms with van der Waals surface area (Å²) in [6.07, 6.45) is 4.45. The molecule has 0 amide bonds. The molecule has 86 valence electrons. The quantitative estimate of drug-likeness (QED) is 0.912. The van der Waals surface area contributed by atoms with Crippen LogP contribution >= 0.6 is 27.3 Å². The summed E-state index contributed by atoms with van der Waals surface area (Å²) < 4.78 is 3.26. The lowest BCUT2D eigenvalue weighted by Gasteiger charge is -2.04. The summed E-state index contributed by atoms with van der Waals surface area (Å²) in [7, 11) is 0. The Morgan fingerprint density at radius 3 is 2.94 bits per heavy atom. The van der Waals surface area contributed by atoms with Gasteiger partial charge in [-0.1, -0.05) is 6.92 Å². The third kappa shape index (κ3) is 2.56. The Morgan fingerprint density at radius 2 is 2.31 bits per heavy atom. The van der Waals surface area contributed by atoms with Gasteiger partial charge in [0.2, 0.25) is 0 Å². The molecule has 2 nitrogen and oxygen atoms in total. The van der Waals surface area contributed by atoms with Crippen molar-refractivity contribution in [2.75, 3.05) is 0 Å². The van der Waals surface area contributed by atoms with Crippen molar-refractivity contribution >= 4 is 27.3 Å². The summed E-state index contributed by atoms with van der Waals surface area (Å²) >= 11 is 5.26. The zero-order valence-corrected chi connectivity index (χ0v) is 11.5. The normalized spacial score (nSPS) is 12.9. The van der Waals surface area contributed by atoms with Crippen molar-refractivity contribution in [1.82, 2.24) is 4.57 Å². The molecule has 0 aliphatic heterocycles. The highest BCUT2D eigenvalue weighted by Crippen LogP contribution is 2.24. The summed E-state index contributed by atoms with van der Waals surface area (Å²) in [5, 5.41) is 11.8. The molecule has 0 saturated heterocycles. The van der Waals surface area contributed by atoms with Gasteiger partial charge in [-0.15, -0.1) is 11.3 Å². The average molecular weight is 300 g/mol. The molecule has 0 aromatic carbocycles. The minimum Gasteiger partial charge on any atom is -0.388 e. The Balaban J connectivity index is 2.11. The molecular weight excluding hydrogens is 286 g/mol. The van der Waals surface area contributed by atoms with E-state index in [0.29, 0.717) is 0 Å². The van der Waals surface area contributed by atoms with E-state index < -0.39 is 0 Å². The van der Waals surface area contributed by atoms with E-state index in [1.165, 1.54) is 4.88 Å². The van der Waals surface area contributed by atoms with Crippen LogP contribution in [0.1, 0.15) is 29.9 Å². The van der Waals surface area contributed by atoms with Crippen LogP contribution in [-0.2, 0) is 6.54 Å². The molecule has 0 aliphatic carbocycles. The number of aliphatic hydroxyl groups excluding tert-OH is 1. The third-order valence-electron chi connectivity index (χ3n) is 2.56. The van der Waals surface area contributed by atoms with Gasteiger partial charge in [-0.3, -0.25) is 0 Å². The van der Waals surface area contributed by atoms with Crippen molar-refractivity contribution in [2.24, 2.45) is 0 Å². The van der Waals surface area contributed by atoms with Crippen LogP contribution in [0.3, 0.4) is 0 Å². The van der Waals surface area contributed by atoms with Gasteiger partial charge in [0.1, 0.15) is 0 Å². The molecule has 2 heterocycles. The van der Waals surface area contributed by atoms with Crippen LogP contribution in [0.25, 0.3) is 0 Å². The predicted octanol–water partition coefficient (Wildman–Crippen LogP) is 3.80. The molecule has 1 unspecified atom stereocenters. The van der Waals surface area contributed by atoms with E-state index in [1.807, 2.05) is 25.4 Å². The van der Waals surface area contributed by atoms with Crippen LogP contribution in [0, 0.1) is 0 Å². The highest BCUT2D eigenvalue weighted by molar-refractivity contribution is 9.10. The highest BCUT2D eigenvalue weighted by Gasteiger charge is 2.07. The zero-order chi connectivity index (χ0) is 11.5. The van der Waals surface area contributed by atoms with Gasteiger partial charge in [0.15, 0.2) is 0 Å². The smallest absolute Gasteiger partial charge is 0.0802 e. The molecule has 0 bridgehead atoms. The van der Waals surface area contributed by atoms with E-state index in [0.717, 1.165) is 23.0 Å². The zero-order valence-electron chi connectivity index (χ0n) is 9.06. The monoisotopic (exact) mass is 299 g/mol. The molecule has 2 rings (SSSR count). The van der Waals surface area contributed by atoms with E-state index in [-0.39, 0.29) is 6.10 Å². The summed E-state index contributed by atoms with van der Waals surface area (Å²) in [6, 6.07) is 4.04. The first-order chi connectivity index (χ1) is 7.70. The number of nitrogens with zero attached hydrogens (tertiary/aromatic N) is 1. The SMILES string of the molecule is CCC(O)c1ccn(Cc2sccc2Br)c1. The van der Waals surface area contributed by atoms with Crippen molar-refractivity contribution in [3.63, 3.8) is 0 Å². The second-order valence-corrected chi connectivity index (χ2v) is 5.59. The maximum atomic E-state index is 9.70. The van der Waals surface area contributed by atoms with Crippen molar-refractivity contribution in [2.45, 2.75) is 26.0 Å². The highest BCUT2D eigenvalue weighted by atomic mass is 79.9. The van der Waals surface area contributed by atoms with E-state index in [9.17, 15) is 5.11 Å². The molecule has 0 saturated carbocycles. The second kappa shape index (κ2) is 5.17. The number of rotatable bonds is 4. The number of hydrogen-bond acceptors (Lipinski definition) is 2. The third-order valence-corrected chi connectivity index (χ3v) is 4.47. The largest absolute Gasteiger partial charge is 0.388 e. The maximum absolute atomic E-state index is 9.70. The maximum Gasteiger partial charge on any atom is 0.0802 e. The Hall–Kier alpha value is -0.580. The fraction of sp³-hybridized carbons (Fsp3) is 0.333. The molecule has 0 fully saturated rings. The molecule has 2 aromatic heterocycles. The van der Waals surface area contributed by atoms with Crippen LogP contribution in [0.2, 0.25) is 0 Å². The van der Waals surface area contributed by atoms with Gasteiger partial charge < -0.3 is 9.67 Å². The molecular formula is C12H14BrNOS. The number of thiophene rings is 1. The van der Waals surface area contributed by atoms with Crippen molar-refractivity contribution < 1.29 is 5.11 Å². The first kappa shape index (κ1) is 11.9. The van der Waals surface area contributed by atoms with Gasteiger partial charge in [0, 0.05) is 21.7 Å². The lowest BCUT2D eigenvalue weighted by atomic mass is 10.1. The topological polar surface area (TPSA) is 25.2 Å². The van der Waals surface area contributed by atoms with Crippen molar-refractivity contribution in [1.29, 1.82) is 0 Å². The standard InChI is InChI=1S/C12H14BrNOS/c1-2-11(15)9-3-5-14(7-9)8-12-10(13)4-6-16-12/h3-7,11,15H,2,8H2,1H3. The minimum absolute atomic E-state index is 0.340. The van der Waals surface area contributed by atoms with Gasteiger partial charge in [-0.25, -0.2) is 0 Å². The molecule has 2 aromatic rings. The Labute approximate surface area is 108 Å². The van der Waals surface area contributed by atoms with Crippen LogP contribution < -0.4 is 0 Å². The van der Waals surface area contributed by atoms with Crippen LogP contribution in [0.5, 0.6) is 0 Å². The van der Waals surface area contributed by atoms with Crippen LogP contribution in [0.15, 0.2) is 34.4 Å². The first-order valence-corrected chi connectivity index (χ1v) is 6.93. The summed E-state index contributed by atoms with van der Waals surface area (Å²) in [5.41, 5.74) is 0.996. The first-order valence-electron chi connectivity index (χ1n) is 5.26. The van der Waals surface area contributed by atoms with Crippen LogP contribution in [0.4, 0.5) is 0 Å². The van der Waals surface area contributed by atoms with Gasteiger partial charge in [-0.05, 0) is 45.4 Å². The second-order valence-electron chi connectivity index (χ2n) is 3.73. The molecule has 0 radical (unpaired) electrons. The molecule has 0 aliphatic rings. The molecule has 16 heavy (non-hydrogen) atoms. The summed E-state index contributed by atoms with van der Waals surface area (Å²) in [5.74, 6) is 0. The fourth-order valence-corrected chi connectivity index (χ4v) is 3.08. The molecule has 1 atom stereocenters. The predicted molar refractivity (Wildman–Crippen MR) is 70.8 cm³/mol. The average Bonchev–Trinajstić information content (AvgIpc) is 2.89. The lowest BCUT2D eigenvalue weighted by Crippen LogP contribution is -1.96. The van der Waals surface area contributed by atoms with E-state index in [1.54, 1.807) is 11.3 Å². The Kier molecular flexibility index (Phi) is 3.84. The minimum atomic E-state index is -0.340. The Morgan fingerprint density at radius 1 is 1.50 bits per heavy atom. The summed E-state index contributed by atoms with van der Waals surface area (Å²) in [6.45, 7) is 2.84. The van der Waals surface area contributed by atoms with Gasteiger partial charge >= 0.3 is 0 Å². The lowest BCUT2D eigenvalue weighted by molar-refractivity contribution is 0.173. The van der Waals surface area contributed by atoms with Crippen molar-refractivity contribution in [3.8, 4) is 0 Å². The van der Waals surface area contributed by atoms with Gasteiger partial charge in [-0.2, -0.15) is 0 Å². The van der Waals surface area contributed by atoms with Crippen LogP contribution in [-0.4, -0.2) is 9.67 Å². The van der Waals surface area contributed by atoms with Gasteiger partial charge in [0.25, 0.3) is 0 Å². The number of halogens is 1. The fourth-order valence-electron chi connectivity index (χ4n) is 1.59. The number of aromatic nitrogens is 1. The number of aliphatic hydroxyl groups is 1. The van der Waals surface area contributed by atoms with Crippen molar-refractivity contribution in [3.05, 3.63) is 44.8 Å². The molecule has 0 spiro atoms. The molecule has 4 heteroatoms. The Bertz CT molecular complexity index is 463. The number of hydrogen-bond donors (Lipinski definition) is 1. The van der Waals surface area contributed by atoms with Gasteiger partial charge in [0.05, 0.1) is 12.6 Å².